The minimum atomic E-state index is -0.818. The molecule has 0 saturated carbocycles. The molecule has 1 fully saturated rings. The Labute approximate surface area is 200 Å². The van der Waals surface area contributed by atoms with E-state index in [-0.39, 0.29) is 27.7 Å². The number of carbonyl (C=O) groups is 3. The lowest BCUT2D eigenvalue weighted by Gasteiger charge is -2.39. The van der Waals surface area contributed by atoms with E-state index in [4.69, 9.17) is 4.74 Å². The fraction of sp³-hybridized carbons (Fsp3) is 0.320. The molecule has 0 aromatic heterocycles. The van der Waals surface area contributed by atoms with E-state index in [1.165, 1.54) is 7.11 Å². The minimum Gasteiger partial charge on any atom is -0.493 e. The second-order valence-corrected chi connectivity index (χ2v) is 9.92. The number of fused-ring (bicyclic) bond motifs is 1. The second kappa shape index (κ2) is 8.54. The third kappa shape index (κ3) is 3.87. The highest BCUT2D eigenvalue weighted by Crippen LogP contribution is 2.46. The molecule has 2 heterocycles. The highest BCUT2D eigenvalue weighted by atomic mass is 32.2. The van der Waals surface area contributed by atoms with E-state index in [0.717, 1.165) is 17.7 Å². The SMILES string of the molecule is CCN1C(=O)CC(C)(C)c2cc(C)c(-c3c(F)c(/C=C4/SC(=O)NC4=O)cc(F)c3OC)cc21. The maximum atomic E-state index is 15.9. The second-order valence-electron chi connectivity index (χ2n) is 8.91. The molecule has 178 valence electrons. The number of benzene rings is 2. The van der Waals surface area contributed by atoms with Gasteiger partial charge in [0.05, 0.1) is 17.6 Å². The fourth-order valence-electron chi connectivity index (χ4n) is 4.52. The average molecular weight is 487 g/mol. The van der Waals surface area contributed by atoms with Gasteiger partial charge in [0.2, 0.25) is 5.91 Å². The predicted octanol–water partition coefficient (Wildman–Crippen LogP) is 5.31. The third-order valence-electron chi connectivity index (χ3n) is 6.17. The molecule has 0 aliphatic carbocycles. The van der Waals surface area contributed by atoms with Crippen LogP contribution in [0.3, 0.4) is 0 Å². The number of hydrogen-bond acceptors (Lipinski definition) is 5. The van der Waals surface area contributed by atoms with Crippen LogP contribution in [0.4, 0.5) is 19.3 Å². The van der Waals surface area contributed by atoms with Crippen molar-refractivity contribution in [3.63, 3.8) is 0 Å². The average Bonchev–Trinajstić information content (AvgIpc) is 3.07. The molecular weight excluding hydrogens is 462 g/mol. The van der Waals surface area contributed by atoms with E-state index >= 15 is 8.78 Å². The summed E-state index contributed by atoms with van der Waals surface area (Å²) in [6, 6.07) is 4.53. The summed E-state index contributed by atoms with van der Waals surface area (Å²) in [4.78, 5) is 37.8. The van der Waals surface area contributed by atoms with Crippen LogP contribution in [0.1, 0.15) is 43.9 Å². The summed E-state index contributed by atoms with van der Waals surface area (Å²) in [5.41, 5.74) is 1.92. The van der Waals surface area contributed by atoms with E-state index in [9.17, 15) is 14.4 Å². The van der Waals surface area contributed by atoms with Crippen LogP contribution in [-0.4, -0.2) is 30.7 Å². The van der Waals surface area contributed by atoms with Gasteiger partial charge >= 0.3 is 0 Å². The Bertz CT molecular complexity index is 1290. The first-order chi connectivity index (χ1) is 16.0. The number of halogens is 2. The lowest BCUT2D eigenvalue weighted by molar-refractivity contribution is -0.120. The molecule has 2 aliphatic rings. The number of nitrogens with zero attached hydrogens (tertiary/aromatic N) is 1. The van der Waals surface area contributed by atoms with Gasteiger partial charge in [-0.2, -0.15) is 0 Å². The van der Waals surface area contributed by atoms with E-state index in [1.54, 1.807) is 17.9 Å². The van der Waals surface area contributed by atoms with Crippen LogP contribution >= 0.6 is 11.8 Å². The van der Waals surface area contributed by atoms with Gasteiger partial charge < -0.3 is 9.64 Å². The van der Waals surface area contributed by atoms with Crippen molar-refractivity contribution in [2.75, 3.05) is 18.6 Å². The van der Waals surface area contributed by atoms with E-state index < -0.39 is 28.2 Å². The zero-order valence-corrected chi connectivity index (χ0v) is 20.3. The molecule has 34 heavy (non-hydrogen) atoms. The smallest absolute Gasteiger partial charge is 0.290 e. The summed E-state index contributed by atoms with van der Waals surface area (Å²) in [7, 11) is 1.25. The maximum absolute atomic E-state index is 15.9. The number of thioether (sulfide) groups is 1. The topological polar surface area (TPSA) is 75.7 Å². The zero-order valence-electron chi connectivity index (χ0n) is 19.5. The summed E-state index contributed by atoms with van der Waals surface area (Å²) in [5, 5.41) is 1.51. The molecule has 2 aliphatic heterocycles. The number of aryl methyl sites for hydroxylation is 1. The minimum absolute atomic E-state index is 0.0360. The Hall–Kier alpha value is -3.20. The van der Waals surface area contributed by atoms with Crippen molar-refractivity contribution < 1.29 is 27.9 Å². The molecule has 0 unspecified atom stereocenters. The first-order valence-corrected chi connectivity index (χ1v) is 11.6. The number of methoxy groups -OCH3 is 1. The number of imide groups is 1. The van der Waals surface area contributed by atoms with Gasteiger partial charge in [0.15, 0.2) is 11.6 Å². The predicted molar refractivity (Wildman–Crippen MR) is 128 cm³/mol. The number of ether oxygens (including phenoxy) is 1. The number of hydrogen-bond donors (Lipinski definition) is 1. The van der Waals surface area contributed by atoms with Crippen LogP contribution in [-0.2, 0) is 15.0 Å². The summed E-state index contributed by atoms with van der Waals surface area (Å²) < 4.78 is 36.2. The Balaban J connectivity index is 1.98. The van der Waals surface area contributed by atoms with Gasteiger partial charge in [0, 0.05) is 29.6 Å². The quantitative estimate of drug-likeness (QED) is 0.593. The molecule has 0 bridgehead atoms. The van der Waals surface area contributed by atoms with Gasteiger partial charge in [-0.3, -0.25) is 19.7 Å². The lowest BCUT2D eigenvalue weighted by atomic mass is 9.75. The van der Waals surface area contributed by atoms with Crippen LogP contribution in [0, 0.1) is 18.6 Å². The molecule has 0 radical (unpaired) electrons. The molecule has 2 aromatic rings. The highest BCUT2D eigenvalue weighted by molar-refractivity contribution is 8.18. The Morgan fingerprint density at radius 1 is 1.21 bits per heavy atom. The number of carbonyl (C=O) groups excluding carboxylic acids is 3. The van der Waals surface area contributed by atoms with Crippen molar-refractivity contribution in [2.24, 2.45) is 0 Å². The van der Waals surface area contributed by atoms with E-state index in [0.29, 0.717) is 41.5 Å². The number of amides is 3. The van der Waals surface area contributed by atoms with Crippen molar-refractivity contribution in [1.82, 2.24) is 5.32 Å². The summed E-state index contributed by atoms with van der Waals surface area (Å²) in [6.45, 7) is 8.05. The lowest BCUT2D eigenvalue weighted by Crippen LogP contribution is -2.41. The van der Waals surface area contributed by atoms with Crippen LogP contribution in [0.25, 0.3) is 17.2 Å². The molecule has 9 heteroatoms. The van der Waals surface area contributed by atoms with Crippen molar-refractivity contribution >= 4 is 40.6 Å². The molecule has 0 spiro atoms. The van der Waals surface area contributed by atoms with Gasteiger partial charge in [-0.1, -0.05) is 19.9 Å². The first kappa shape index (κ1) is 23.9. The van der Waals surface area contributed by atoms with E-state index in [2.05, 4.69) is 5.32 Å². The van der Waals surface area contributed by atoms with Crippen LogP contribution in [0.5, 0.6) is 5.75 Å². The maximum Gasteiger partial charge on any atom is 0.290 e. The zero-order chi connectivity index (χ0) is 24.9. The highest BCUT2D eigenvalue weighted by Gasteiger charge is 2.37. The van der Waals surface area contributed by atoms with Crippen molar-refractivity contribution in [3.05, 3.63) is 51.4 Å². The molecule has 6 nitrogen and oxygen atoms in total. The Morgan fingerprint density at radius 2 is 1.91 bits per heavy atom. The number of nitrogens with one attached hydrogen (secondary N) is 1. The van der Waals surface area contributed by atoms with Crippen LogP contribution in [0.2, 0.25) is 0 Å². The van der Waals surface area contributed by atoms with Gasteiger partial charge in [-0.25, -0.2) is 8.78 Å². The standard InChI is InChI=1S/C25H24F2N2O4S/c1-6-29-17-10-14(12(2)7-15(17)25(3,4)11-19(29)30)20-21(27)13(8-16(26)22(20)33-5)9-18-23(31)28-24(32)34-18/h7-10H,6,11H2,1-5H3,(H,28,31,32)/b18-9+. The fourth-order valence-corrected chi connectivity index (χ4v) is 5.19. The molecular formula is C25H24F2N2O4S. The monoisotopic (exact) mass is 486 g/mol. The Kier molecular flexibility index (Phi) is 6.01. The molecule has 1 saturated heterocycles. The van der Waals surface area contributed by atoms with Gasteiger partial charge in [-0.15, -0.1) is 0 Å². The van der Waals surface area contributed by atoms with Gasteiger partial charge in [-0.05, 0) is 60.5 Å². The summed E-state index contributed by atoms with van der Waals surface area (Å²) >= 11 is 0.617. The summed E-state index contributed by atoms with van der Waals surface area (Å²) in [6.07, 6.45) is 1.49. The molecule has 1 N–H and O–H groups in total. The van der Waals surface area contributed by atoms with Crippen LogP contribution < -0.4 is 15.0 Å². The molecule has 2 aromatic carbocycles. The van der Waals surface area contributed by atoms with Gasteiger partial charge in [0.25, 0.3) is 11.1 Å². The van der Waals surface area contributed by atoms with Gasteiger partial charge in [0.1, 0.15) is 5.82 Å². The first-order valence-electron chi connectivity index (χ1n) is 10.7. The van der Waals surface area contributed by atoms with E-state index in [1.807, 2.05) is 26.8 Å². The largest absolute Gasteiger partial charge is 0.493 e. The van der Waals surface area contributed by atoms with Crippen molar-refractivity contribution in [3.8, 4) is 16.9 Å². The Morgan fingerprint density at radius 3 is 2.50 bits per heavy atom. The molecule has 3 amide bonds. The van der Waals surface area contributed by atoms with Crippen LogP contribution in [0.15, 0.2) is 23.1 Å². The molecule has 4 rings (SSSR count). The van der Waals surface area contributed by atoms with Crippen molar-refractivity contribution in [1.29, 1.82) is 0 Å². The number of rotatable bonds is 4. The molecule has 0 atom stereocenters. The van der Waals surface area contributed by atoms with Crippen molar-refractivity contribution in [2.45, 2.75) is 39.5 Å². The normalized spacial score (nSPS) is 18.4. The third-order valence-corrected chi connectivity index (χ3v) is 6.98. The summed E-state index contributed by atoms with van der Waals surface area (Å²) in [5.74, 6) is -2.61. The number of anilines is 1.